The zero-order chi connectivity index (χ0) is 15.4. The summed E-state index contributed by atoms with van der Waals surface area (Å²) in [7, 11) is 2.33. The second-order valence-electron chi connectivity index (χ2n) is 4.61. The molecule has 0 aromatic heterocycles. The molecule has 0 radical (unpaired) electrons. The van der Waals surface area contributed by atoms with Crippen molar-refractivity contribution in [3.63, 3.8) is 0 Å². The molecular weight excluding hydrogens is 278 g/mol. The Labute approximate surface area is 124 Å². The molecular formula is C13H31NO5Si. The van der Waals surface area contributed by atoms with Gasteiger partial charge in [0.2, 0.25) is 0 Å². The van der Waals surface area contributed by atoms with Gasteiger partial charge in [0, 0.05) is 40.5 Å². The maximum Gasteiger partial charge on any atom is 0.500 e. The van der Waals surface area contributed by atoms with Gasteiger partial charge in [-0.3, -0.25) is 0 Å². The number of hydrogen-bond donors (Lipinski definition) is 1. The third kappa shape index (κ3) is 7.68. The first-order valence-electron chi connectivity index (χ1n) is 7.21. The van der Waals surface area contributed by atoms with Crippen molar-refractivity contribution < 1.29 is 23.1 Å². The lowest BCUT2D eigenvalue weighted by molar-refractivity contribution is 0.0172. The van der Waals surface area contributed by atoms with E-state index in [1.807, 2.05) is 0 Å². The SMILES string of the molecule is CCN(CC)CC(O)COCCC[Si](OC)(OC)OC. The molecule has 0 amide bonds. The van der Waals surface area contributed by atoms with Crippen LogP contribution >= 0.6 is 0 Å². The lowest BCUT2D eigenvalue weighted by Gasteiger charge is -2.24. The van der Waals surface area contributed by atoms with Gasteiger partial charge in [-0.15, -0.1) is 0 Å². The minimum Gasteiger partial charge on any atom is -0.389 e. The number of nitrogens with zero attached hydrogens (tertiary/aromatic N) is 1. The van der Waals surface area contributed by atoms with Crippen LogP contribution in [0.3, 0.4) is 0 Å². The quantitative estimate of drug-likeness (QED) is 0.404. The molecule has 0 heterocycles. The van der Waals surface area contributed by atoms with Crippen molar-refractivity contribution in [2.45, 2.75) is 32.4 Å². The van der Waals surface area contributed by atoms with Crippen LogP contribution in [0.4, 0.5) is 0 Å². The van der Waals surface area contributed by atoms with E-state index in [1.54, 1.807) is 21.3 Å². The molecule has 0 saturated heterocycles. The van der Waals surface area contributed by atoms with E-state index in [2.05, 4.69) is 18.7 Å². The molecule has 0 spiro atoms. The number of likely N-dealkylation sites (N-methyl/N-ethyl adjacent to an activating group) is 1. The third-order valence-corrected chi connectivity index (χ3v) is 6.21. The highest BCUT2D eigenvalue weighted by molar-refractivity contribution is 6.60. The Morgan fingerprint density at radius 3 is 2.05 bits per heavy atom. The van der Waals surface area contributed by atoms with Crippen LogP contribution in [0, 0.1) is 0 Å². The molecule has 0 aliphatic rings. The first kappa shape index (κ1) is 20.0. The maximum atomic E-state index is 9.85. The minimum absolute atomic E-state index is 0.359. The normalized spacial score (nSPS) is 13.9. The zero-order valence-electron chi connectivity index (χ0n) is 13.6. The van der Waals surface area contributed by atoms with Gasteiger partial charge in [-0.05, 0) is 19.5 Å². The van der Waals surface area contributed by atoms with Crippen molar-refractivity contribution in [1.29, 1.82) is 0 Å². The molecule has 6 nitrogen and oxygen atoms in total. The fourth-order valence-electron chi connectivity index (χ4n) is 2.00. The summed E-state index contributed by atoms with van der Waals surface area (Å²) in [6.07, 6.45) is 0.351. The highest BCUT2D eigenvalue weighted by Gasteiger charge is 2.36. The molecule has 0 aliphatic carbocycles. The van der Waals surface area contributed by atoms with E-state index in [-0.39, 0.29) is 0 Å². The van der Waals surface area contributed by atoms with E-state index in [1.165, 1.54) is 0 Å². The van der Waals surface area contributed by atoms with Gasteiger partial charge < -0.3 is 28.0 Å². The van der Waals surface area contributed by atoms with Crippen molar-refractivity contribution >= 4 is 8.80 Å². The predicted octanol–water partition coefficient (Wildman–Crippen LogP) is 0.974. The van der Waals surface area contributed by atoms with E-state index < -0.39 is 14.9 Å². The molecule has 0 aromatic rings. The highest BCUT2D eigenvalue weighted by atomic mass is 28.4. The molecule has 20 heavy (non-hydrogen) atoms. The van der Waals surface area contributed by atoms with Crippen molar-refractivity contribution in [3.8, 4) is 0 Å². The third-order valence-electron chi connectivity index (χ3n) is 3.38. The lowest BCUT2D eigenvalue weighted by Crippen LogP contribution is -2.42. The van der Waals surface area contributed by atoms with Crippen molar-refractivity contribution in [3.05, 3.63) is 0 Å². The summed E-state index contributed by atoms with van der Waals surface area (Å²) >= 11 is 0. The molecule has 1 N–H and O–H groups in total. The van der Waals surface area contributed by atoms with Gasteiger partial charge in [-0.1, -0.05) is 13.8 Å². The van der Waals surface area contributed by atoms with Crippen LogP contribution in [0.1, 0.15) is 20.3 Å². The van der Waals surface area contributed by atoms with E-state index in [0.29, 0.717) is 25.8 Å². The summed E-state index contributed by atoms with van der Waals surface area (Å²) in [6.45, 7) is 7.63. The largest absolute Gasteiger partial charge is 0.500 e. The van der Waals surface area contributed by atoms with Gasteiger partial charge in [-0.25, -0.2) is 0 Å². The Morgan fingerprint density at radius 1 is 1.05 bits per heavy atom. The van der Waals surface area contributed by atoms with Gasteiger partial charge in [0.25, 0.3) is 0 Å². The number of aliphatic hydroxyl groups excluding tert-OH is 1. The number of aliphatic hydroxyl groups is 1. The zero-order valence-corrected chi connectivity index (χ0v) is 14.6. The Bertz CT molecular complexity index is 217. The summed E-state index contributed by atoms with van der Waals surface area (Å²) < 4.78 is 21.5. The van der Waals surface area contributed by atoms with Crippen LogP contribution in [0.25, 0.3) is 0 Å². The Balaban J connectivity index is 3.75. The summed E-state index contributed by atoms with van der Waals surface area (Å²) in [6, 6.07) is 0.711. The fraction of sp³-hybridized carbons (Fsp3) is 1.00. The second-order valence-corrected chi connectivity index (χ2v) is 7.70. The van der Waals surface area contributed by atoms with Crippen LogP contribution in [0.2, 0.25) is 6.04 Å². The Kier molecular flexibility index (Phi) is 11.6. The van der Waals surface area contributed by atoms with E-state index in [4.69, 9.17) is 18.0 Å². The lowest BCUT2D eigenvalue weighted by atomic mass is 10.3. The average molecular weight is 309 g/mol. The molecule has 0 fully saturated rings. The number of ether oxygens (including phenoxy) is 1. The Hall–Kier alpha value is -0.0231. The van der Waals surface area contributed by atoms with Crippen LogP contribution in [0.15, 0.2) is 0 Å². The molecule has 0 aliphatic heterocycles. The smallest absolute Gasteiger partial charge is 0.389 e. The van der Waals surface area contributed by atoms with Gasteiger partial charge in [0.15, 0.2) is 0 Å². The van der Waals surface area contributed by atoms with Crippen LogP contribution in [-0.4, -0.2) is 79.1 Å². The van der Waals surface area contributed by atoms with Crippen molar-refractivity contribution in [2.24, 2.45) is 0 Å². The van der Waals surface area contributed by atoms with Gasteiger partial charge in [-0.2, -0.15) is 0 Å². The number of hydrogen-bond acceptors (Lipinski definition) is 6. The molecule has 7 heteroatoms. The monoisotopic (exact) mass is 309 g/mol. The summed E-state index contributed by atoms with van der Waals surface area (Å²) in [5.41, 5.74) is 0. The predicted molar refractivity (Wildman–Crippen MR) is 80.8 cm³/mol. The van der Waals surface area contributed by atoms with Gasteiger partial charge in [0.05, 0.1) is 12.7 Å². The molecule has 0 aromatic carbocycles. The second kappa shape index (κ2) is 11.6. The summed E-state index contributed by atoms with van der Waals surface area (Å²) in [4.78, 5) is 2.17. The van der Waals surface area contributed by atoms with E-state index in [0.717, 1.165) is 19.5 Å². The average Bonchev–Trinajstić information content (AvgIpc) is 2.49. The molecule has 0 rings (SSSR count). The van der Waals surface area contributed by atoms with E-state index >= 15 is 0 Å². The molecule has 1 unspecified atom stereocenters. The summed E-state index contributed by atoms with van der Waals surface area (Å²) in [5, 5.41) is 9.85. The van der Waals surface area contributed by atoms with Crippen LogP contribution in [0.5, 0.6) is 0 Å². The maximum absolute atomic E-state index is 9.85. The molecule has 0 saturated carbocycles. The topological polar surface area (TPSA) is 60.4 Å². The minimum atomic E-state index is -2.48. The summed E-state index contributed by atoms with van der Waals surface area (Å²) in [5.74, 6) is 0. The molecule has 1 atom stereocenters. The van der Waals surface area contributed by atoms with Gasteiger partial charge in [0.1, 0.15) is 0 Å². The van der Waals surface area contributed by atoms with Crippen LogP contribution < -0.4 is 0 Å². The van der Waals surface area contributed by atoms with E-state index in [9.17, 15) is 5.11 Å². The van der Waals surface area contributed by atoms with Crippen molar-refractivity contribution in [2.75, 3.05) is 54.2 Å². The first-order valence-corrected chi connectivity index (χ1v) is 9.14. The highest BCUT2D eigenvalue weighted by Crippen LogP contribution is 2.14. The fourth-order valence-corrected chi connectivity index (χ4v) is 3.69. The standard InChI is InChI=1S/C13H31NO5Si/c1-6-14(7-2)11-13(15)12-19-9-8-10-20(16-3,17-4)18-5/h13,15H,6-12H2,1-5H3. The Morgan fingerprint density at radius 2 is 1.60 bits per heavy atom. The van der Waals surface area contributed by atoms with Gasteiger partial charge >= 0.3 is 8.80 Å². The first-order chi connectivity index (χ1) is 9.57. The number of rotatable bonds is 13. The molecule has 0 bridgehead atoms. The molecule has 122 valence electrons. The van der Waals surface area contributed by atoms with Crippen LogP contribution in [-0.2, 0) is 18.0 Å². The van der Waals surface area contributed by atoms with Crippen molar-refractivity contribution in [1.82, 2.24) is 4.90 Å².